The summed E-state index contributed by atoms with van der Waals surface area (Å²) >= 11 is 8.71. The third-order valence-electron chi connectivity index (χ3n) is 4.33. The molecular formula is C24H20Br2O3S. The Hall–Kier alpha value is -2.02. The number of carbonyl (C=O) groups is 1. The summed E-state index contributed by atoms with van der Waals surface area (Å²) in [6, 6.07) is 24.1. The van der Waals surface area contributed by atoms with E-state index in [1.54, 1.807) is 23.9 Å². The van der Waals surface area contributed by atoms with Crippen molar-refractivity contribution in [3.63, 3.8) is 0 Å². The second kappa shape index (κ2) is 10.8. The SMILES string of the molecule is CC(Oc1ccc(SCC=C(c2ccc(Br)cc2)c2ccc(Br)cc2)cc1)C(=O)O. The van der Waals surface area contributed by atoms with E-state index < -0.39 is 12.1 Å². The van der Waals surface area contributed by atoms with Gasteiger partial charge in [0.1, 0.15) is 5.75 Å². The Bertz CT molecular complexity index is 966. The van der Waals surface area contributed by atoms with Gasteiger partial charge in [-0.2, -0.15) is 0 Å². The highest BCUT2D eigenvalue weighted by atomic mass is 79.9. The summed E-state index contributed by atoms with van der Waals surface area (Å²) in [5, 5.41) is 8.94. The first-order valence-corrected chi connectivity index (χ1v) is 11.8. The lowest BCUT2D eigenvalue weighted by Gasteiger charge is -2.11. The van der Waals surface area contributed by atoms with Crippen molar-refractivity contribution in [2.75, 3.05) is 5.75 Å². The Morgan fingerprint density at radius 1 is 0.933 bits per heavy atom. The number of benzene rings is 3. The third-order valence-corrected chi connectivity index (χ3v) is 6.33. The Balaban J connectivity index is 1.73. The maximum atomic E-state index is 10.9. The van der Waals surface area contributed by atoms with E-state index in [0.29, 0.717) is 5.75 Å². The van der Waals surface area contributed by atoms with Gasteiger partial charge in [-0.15, -0.1) is 11.8 Å². The zero-order valence-corrected chi connectivity index (χ0v) is 20.2. The molecule has 0 spiro atoms. The van der Waals surface area contributed by atoms with Crippen LogP contribution >= 0.6 is 43.6 Å². The molecule has 1 atom stereocenters. The van der Waals surface area contributed by atoms with Gasteiger partial charge in [0.2, 0.25) is 0 Å². The van der Waals surface area contributed by atoms with Crippen molar-refractivity contribution in [1.29, 1.82) is 0 Å². The molecular weight excluding hydrogens is 528 g/mol. The minimum Gasteiger partial charge on any atom is -0.479 e. The smallest absolute Gasteiger partial charge is 0.344 e. The maximum absolute atomic E-state index is 10.9. The van der Waals surface area contributed by atoms with E-state index in [2.05, 4.69) is 62.2 Å². The number of aliphatic carboxylic acids is 1. The van der Waals surface area contributed by atoms with Crippen molar-refractivity contribution in [2.45, 2.75) is 17.9 Å². The fourth-order valence-corrected chi connectivity index (χ4v) is 4.05. The molecule has 3 nitrogen and oxygen atoms in total. The molecule has 3 rings (SSSR count). The lowest BCUT2D eigenvalue weighted by molar-refractivity contribution is -0.144. The van der Waals surface area contributed by atoms with E-state index in [1.165, 1.54) is 12.5 Å². The number of ether oxygens (including phenoxy) is 1. The Morgan fingerprint density at radius 3 is 1.90 bits per heavy atom. The number of hydrogen-bond donors (Lipinski definition) is 1. The van der Waals surface area contributed by atoms with Gasteiger partial charge < -0.3 is 9.84 Å². The fourth-order valence-electron chi connectivity index (χ4n) is 2.75. The maximum Gasteiger partial charge on any atom is 0.344 e. The Kier molecular flexibility index (Phi) is 8.19. The van der Waals surface area contributed by atoms with Crippen molar-refractivity contribution in [2.24, 2.45) is 0 Å². The van der Waals surface area contributed by atoms with Gasteiger partial charge in [0.05, 0.1) is 0 Å². The second-order valence-corrected chi connectivity index (χ2v) is 9.44. The van der Waals surface area contributed by atoms with Crippen LogP contribution in [0.3, 0.4) is 0 Å². The van der Waals surface area contributed by atoms with Gasteiger partial charge in [-0.25, -0.2) is 4.79 Å². The summed E-state index contributed by atoms with van der Waals surface area (Å²) in [5.41, 5.74) is 3.50. The lowest BCUT2D eigenvalue weighted by atomic mass is 9.98. The van der Waals surface area contributed by atoms with Crippen LogP contribution in [0.15, 0.2) is 92.7 Å². The summed E-state index contributed by atoms with van der Waals surface area (Å²) in [5.74, 6) is 0.370. The molecule has 0 aliphatic heterocycles. The highest BCUT2D eigenvalue weighted by Gasteiger charge is 2.12. The average molecular weight is 548 g/mol. The van der Waals surface area contributed by atoms with Crippen molar-refractivity contribution in [3.05, 3.63) is 98.9 Å². The molecule has 0 aliphatic carbocycles. The molecule has 30 heavy (non-hydrogen) atoms. The summed E-state index contributed by atoms with van der Waals surface area (Å²) in [7, 11) is 0. The molecule has 0 amide bonds. The average Bonchev–Trinajstić information content (AvgIpc) is 2.74. The van der Waals surface area contributed by atoms with Crippen LogP contribution < -0.4 is 4.74 Å². The van der Waals surface area contributed by atoms with Crippen molar-refractivity contribution >= 4 is 55.2 Å². The molecule has 0 saturated heterocycles. The molecule has 154 valence electrons. The number of rotatable bonds is 8. The number of carboxylic acids is 1. The van der Waals surface area contributed by atoms with Gasteiger partial charge in [0.25, 0.3) is 0 Å². The molecule has 0 saturated carbocycles. The standard InChI is InChI=1S/C24H20Br2O3S/c1-16(24(27)28)29-21-10-12-22(13-11-21)30-15-14-23(17-2-6-19(25)7-3-17)18-4-8-20(26)9-5-18/h2-14,16H,15H2,1H3,(H,27,28). The number of halogens is 2. The van der Waals surface area contributed by atoms with Crippen LogP contribution in [0.1, 0.15) is 18.1 Å². The molecule has 3 aromatic rings. The van der Waals surface area contributed by atoms with Crippen LogP contribution in [0, 0.1) is 0 Å². The second-order valence-electron chi connectivity index (χ2n) is 6.51. The predicted octanol–water partition coefficient (Wildman–Crippen LogP) is 7.29. The molecule has 0 radical (unpaired) electrons. The zero-order valence-electron chi connectivity index (χ0n) is 16.2. The van der Waals surface area contributed by atoms with Gasteiger partial charge in [-0.1, -0.05) is 62.2 Å². The van der Waals surface area contributed by atoms with Crippen LogP contribution in [0.4, 0.5) is 0 Å². The Morgan fingerprint density at radius 2 is 1.43 bits per heavy atom. The van der Waals surface area contributed by atoms with Crippen LogP contribution in [0.25, 0.3) is 5.57 Å². The van der Waals surface area contributed by atoms with Crippen LogP contribution in [-0.2, 0) is 4.79 Å². The number of carboxylic acid groups (broad SMARTS) is 1. The first kappa shape index (κ1) is 22.7. The number of hydrogen-bond acceptors (Lipinski definition) is 3. The highest BCUT2D eigenvalue weighted by Crippen LogP contribution is 2.28. The Labute approximate surface area is 197 Å². The summed E-state index contributed by atoms with van der Waals surface area (Å²) < 4.78 is 7.48. The zero-order chi connectivity index (χ0) is 21.5. The molecule has 0 aliphatic rings. The van der Waals surface area contributed by atoms with E-state index >= 15 is 0 Å². The third kappa shape index (κ3) is 6.49. The summed E-state index contributed by atoms with van der Waals surface area (Å²) in [6.45, 7) is 1.52. The first-order valence-electron chi connectivity index (χ1n) is 9.27. The summed E-state index contributed by atoms with van der Waals surface area (Å²) in [4.78, 5) is 12.0. The molecule has 6 heteroatoms. The predicted molar refractivity (Wildman–Crippen MR) is 130 cm³/mol. The molecule has 0 bridgehead atoms. The van der Waals surface area contributed by atoms with E-state index in [9.17, 15) is 4.79 Å². The van der Waals surface area contributed by atoms with E-state index in [0.717, 1.165) is 30.7 Å². The van der Waals surface area contributed by atoms with E-state index in [1.807, 2.05) is 36.4 Å². The van der Waals surface area contributed by atoms with Gasteiger partial charge in [-0.05, 0) is 72.2 Å². The largest absolute Gasteiger partial charge is 0.479 e. The molecule has 1 unspecified atom stereocenters. The fraction of sp³-hybridized carbons (Fsp3) is 0.125. The number of thioether (sulfide) groups is 1. The van der Waals surface area contributed by atoms with Crippen LogP contribution in [-0.4, -0.2) is 22.9 Å². The van der Waals surface area contributed by atoms with Gasteiger partial charge >= 0.3 is 5.97 Å². The molecule has 0 aromatic heterocycles. The quantitative estimate of drug-likeness (QED) is 0.301. The van der Waals surface area contributed by atoms with Crippen molar-refractivity contribution < 1.29 is 14.6 Å². The van der Waals surface area contributed by atoms with Crippen molar-refractivity contribution in [3.8, 4) is 5.75 Å². The monoisotopic (exact) mass is 546 g/mol. The van der Waals surface area contributed by atoms with E-state index in [-0.39, 0.29) is 0 Å². The molecule has 1 N–H and O–H groups in total. The summed E-state index contributed by atoms with van der Waals surface area (Å²) in [6.07, 6.45) is 1.36. The van der Waals surface area contributed by atoms with Gasteiger partial charge in [0, 0.05) is 19.6 Å². The molecule has 0 fully saturated rings. The van der Waals surface area contributed by atoms with Gasteiger partial charge in [0.15, 0.2) is 6.10 Å². The minimum atomic E-state index is -0.980. The lowest BCUT2D eigenvalue weighted by Crippen LogP contribution is -2.22. The van der Waals surface area contributed by atoms with Crippen LogP contribution in [0.2, 0.25) is 0 Å². The van der Waals surface area contributed by atoms with Crippen molar-refractivity contribution in [1.82, 2.24) is 0 Å². The topological polar surface area (TPSA) is 46.5 Å². The van der Waals surface area contributed by atoms with E-state index in [4.69, 9.17) is 9.84 Å². The molecule has 0 heterocycles. The first-order chi connectivity index (χ1) is 14.4. The normalized spacial score (nSPS) is 11.6. The van der Waals surface area contributed by atoms with Crippen LogP contribution in [0.5, 0.6) is 5.75 Å². The molecule has 3 aromatic carbocycles. The minimum absolute atomic E-state index is 0.551. The highest BCUT2D eigenvalue weighted by molar-refractivity contribution is 9.10. The van der Waals surface area contributed by atoms with Gasteiger partial charge in [-0.3, -0.25) is 0 Å².